The molecule has 0 saturated heterocycles. The van der Waals surface area contributed by atoms with E-state index >= 15 is 0 Å². The van der Waals surface area contributed by atoms with E-state index in [0.29, 0.717) is 35.2 Å². The van der Waals surface area contributed by atoms with Crippen molar-refractivity contribution < 1.29 is 46.9 Å². The Morgan fingerprint density at radius 3 is 2.25 bits per heavy atom. The number of alkyl halides is 3. The summed E-state index contributed by atoms with van der Waals surface area (Å²) in [5, 5.41) is 15.3. The van der Waals surface area contributed by atoms with E-state index in [1.807, 2.05) is 81.4 Å². The Morgan fingerprint density at radius 2 is 1.65 bits per heavy atom. The molecule has 14 heteroatoms. The zero-order valence-electron chi connectivity index (χ0n) is 26.7. The second-order valence-corrected chi connectivity index (χ2v) is 10.6. The van der Waals surface area contributed by atoms with Gasteiger partial charge in [-0.1, -0.05) is 36.4 Å². The number of aliphatic carboxylic acids is 1. The predicted molar refractivity (Wildman–Crippen MR) is 174 cm³/mol. The topological polar surface area (TPSA) is 162 Å². The van der Waals surface area contributed by atoms with Crippen LogP contribution in [0.3, 0.4) is 0 Å². The number of nitrogens with zero attached hydrogens (tertiary/aromatic N) is 1. The van der Waals surface area contributed by atoms with Gasteiger partial charge in [-0.05, 0) is 73.7 Å². The van der Waals surface area contributed by atoms with E-state index in [1.54, 1.807) is 18.3 Å². The molecule has 256 valence electrons. The van der Waals surface area contributed by atoms with Crippen LogP contribution in [0.4, 0.5) is 24.7 Å². The van der Waals surface area contributed by atoms with Crippen LogP contribution in [-0.2, 0) is 19.1 Å². The minimum atomic E-state index is -5.08. The number of ether oxygens (including phenoxy) is 3. The van der Waals surface area contributed by atoms with Crippen molar-refractivity contribution in [1.29, 1.82) is 0 Å². The number of anilines is 2. The molecule has 2 atom stereocenters. The molecule has 0 bridgehead atoms. The molecule has 0 spiro atoms. The predicted octanol–water partition coefficient (Wildman–Crippen LogP) is 6.21. The molecule has 4 aromatic rings. The molecule has 0 fully saturated rings. The van der Waals surface area contributed by atoms with Crippen molar-refractivity contribution in [1.82, 2.24) is 10.3 Å². The van der Waals surface area contributed by atoms with E-state index in [2.05, 4.69) is 15.6 Å². The molecular weight excluding hydrogens is 633 g/mol. The van der Waals surface area contributed by atoms with Crippen molar-refractivity contribution in [3.63, 3.8) is 0 Å². The Hall–Kier alpha value is -5.53. The molecule has 0 saturated carbocycles. The second kappa shape index (κ2) is 16.9. The number of carbonyl (C=O) groups is 3. The Morgan fingerprint density at radius 1 is 0.958 bits per heavy atom. The van der Waals surface area contributed by atoms with Crippen LogP contribution >= 0.6 is 0 Å². The van der Waals surface area contributed by atoms with Gasteiger partial charge >= 0.3 is 18.1 Å². The monoisotopic (exact) mass is 670 g/mol. The third kappa shape index (κ3) is 10.5. The number of halogens is 3. The van der Waals surface area contributed by atoms with Gasteiger partial charge in [0.15, 0.2) is 11.5 Å². The molecule has 0 aliphatic rings. The maximum Gasteiger partial charge on any atom is 0.490 e. The number of hydrogen-bond donors (Lipinski definition) is 4. The largest absolute Gasteiger partial charge is 0.490 e. The molecule has 1 amide bonds. The zero-order valence-corrected chi connectivity index (χ0v) is 26.7. The molecule has 1 unspecified atom stereocenters. The maximum atomic E-state index is 14.0. The zero-order chi connectivity index (χ0) is 35.4. The molecule has 48 heavy (non-hydrogen) atoms. The summed E-state index contributed by atoms with van der Waals surface area (Å²) >= 11 is 0. The molecule has 1 aromatic heterocycles. The maximum absolute atomic E-state index is 14.0. The van der Waals surface area contributed by atoms with Crippen LogP contribution in [0.2, 0.25) is 0 Å². The lowest BCUT2D eigenvalue weighted by Gasteiger charge is -2.25. The third-order valence-corrected chi connectivity index (χ3v) is 6.69. The van der Waals surface area contributed by atoms with Gasteiger partial charge in [-0.15, -0.1) is 0 Å². The molecule has 3 aromatic carbocycles. The van der Waals surface area contributed by atoms with Crippen molar-refractivity contribution in [3.8, 4) is 11.5 Å². The quantitative estimate of drug-likeness (QED) is 0.128. The van der Waals surface area contributed by atoms with Gasteiger partial charge in [-0.25, -0.2) is 9.78 Å². The highest BCUT2D eigenvalue weighted by molar-refractivity contribution is 5.94. The van der Waals surface area contributed by atoms with Crippen LogP contribution < -0.4 is 25.8 Å². The van der Waals surface area contributed by atoms with Gasteiger partial charge in [-0.2, -0.15) is 13.2 Å². The highest BCUT2D eigenvalue weighted by Crippen LogP contribution is 2.34. The van der Waals surface area contributed by atoms with Gasteiger partial charge in [0.05, 0.1) is 32.3 Å². The van der Waals surface area contributed by atoms with Crippen molar-refractivity contribution in [3.05, 3.63) is 90.1 Å². The summed E-state index contributed by atoms with van der Waals surface area (Å²) in [7, 11) is 1.33. The number of pyridine rings is 1. The minimum absolute atomic E-state index is 0.0212. The van der Waals surface area contributed by atoms with E-state index in [0.717, 1.165) is 16.3 Å². The van der Waals surface area contributed by atoms with Crippen LogP contribution in [-0.4, -0.2) is 53.9 Å². The van der Waals surface area contributed by atoms with E-state index < -0.39 is 30.2 Å². The number of methoxy groups -OCH3 is 1. The lowest BCUT2D eigenvalue weighted by Crippen LogP contribution is -2.37. The van der Waals surface area contributed by atoms with E-state index in [1.165, 1.54) is 7.11 Å². The fraction of sp³-hybridized carbons (Fsp3) is 0.294. The summed E-state index contributed by atoms with van der Waals surface area (Å²) < 4.78 is 48.5. The standard InChI is InChI=1S/C32H36N4O5.C2HF3O2/c1-5-40-28-18-23(11-14-27(28)41-20(2)3)30(35-24-12-13-25-22(17-24)15-16-34-31(25)33)32(38)36-26(19-29(37)39-4)21-9-7-6-8-10-21;3-2(4,5)1(6)7/h6-18,20,26,30,35H,5,19H2,1-4H3,(H2,33,34)(H,36,38);(H,6,7)/t26-,30?;/m1./s1. The number of amides is 1. The first-order valence-electron chi connectivity index (χ1n) is 14.8. The number of esters is 1. The molecular formula is C34H37F3N4O7. The first-order valence-corrected chi connectivity index (χ1v) is 14.8. The van der Waals surface area contributed by atoms with Crippen molar-refractivity contribution in [2.45, 2.75) is 51.6 Å². The van der Waals surface area contributed by atoms with Crippen LogP contribution in [0.15, 0.2) is 79.0 Å². The lowest BCUT2D eigenvalue weighted by molar-refractivity contribution is -0.192. The normalized spacial score (nSPS) is 12.2. The van der Waals surface area contributed by atoms with Crippen molar-refractivity contribution in [2.75, 3.05) is 24.8 Å². The number of carboxylic acids is 1. The molecule has 5 N–H and O–H groups in total. The third-order valence-electron chi connectivity index (χ3n) is 6.69. The number of nitrogen functional groups attached to an aromatic ring is 1. The number of carbonyl (C=O) groups excluding carboxylic acids is 2. The summed E-state index contributed by atoms with van der Waals surface area (Å²) in [6, 6.07) is 20.8. The SMILES string of the molecule is CCOc1cc(C(Nc2ccc3c(N)nccc3c2)C(=O)N[C@H](CC(=O)OC)c2ccccc2)ccc1OC(C)C.O=C(O)C(F)(F)F. The summed E-state index contributed by atoms with van der Waals surface area (Å²) in [5.74, 6) is -1.97. The first kappa shape index (κ1) is 36.9. The molecule has 11 nitrogen and oxygen atoms in total. The van der Waals surface area contributed by atoms with E-state index in [-0.39, 0.29) is 18.4 Å². The van der Waals surface area contributed by atoms with Crippen LogP contribution in [0.5, 0.6) is 11.5 Å². The Labute approximate surface area is 275 Å². The van der Waals surface area contributed by atoms with Gasteiger partial charge in [0.2, 0.25) is 5.91 Å². The van der Waals surface area contributed by atoms with Crippen LogP contribution in [0.25, 0.3) is 10.8 Å². The lowest BCUT2D eigenvalue weighted by atomic mass is 10.0. The first-order chi connectivity index (χ1) is 22.7. The average Bonchev–Trinajstić information content (AvgIpc) is 3.04. The summed E-state index contributed by atoms with van der Waals surface area (Å²) in [6.45, 7) is 6.20. The van der Waals surface area contributed by atoms with E-state index in [4.69, 9.17) is 29.8 Å². The van der Waals surface area contributed by atoms with Crippen molar-refractivity contribution in [2.24, 2.45) is 0 Å². The van der Waals surface area contributed by atoms with E-state index in [9.17, 15) is 22.8 Å². The van der Waals surface area contributed by atoms with Gasteiger partial charge < -0.3 is 35.7 Å². The number of nitrogens with one attached hydrogen (secondary N) is 2. The molecule has 0 radical (unpaired) electrons. The van der Waals surface area contributed by atoms with Gasteiger partial charge in [0.1, 0.15) is 11.9 Å². The number of nitrogens with two attached hydrogens (primary N) is 1. The van der Waals surface area contributed by atoms with Gasteiger partial charge in [0, 0.05) is 17.3 Å². The van der Waals surface area contributed by atoms with Gasteiger partial charge in [-0.3, -0.25) is 9.59 Å². The Bertz CT molecular complexity index is 1700. The Balaban J connectivity index is 0.000000804. The number of benzene rings is 3. The molecule has 4 rings (SSSR count). The number of carboxylic acid groups (broad SMARTS) is 1. The second-order valence-electron chi connectivity index (χ2n) is 10.6. The average molecular weight is 671 g/mol. The Kier molecular flexibility index (Phi) is 13.0. The highest BCUT2D eigenvalue weighted by Gasteiger charge is 2.38. The molecule has 0 aliphatic carbocycles. The molecule has 0 aliphatic heterocycles. The smallest absolute Gasteiger partial charge is 0.490 e. The van der Waals surface area contributed by atoms with Gasteiger partial charge in [0.25, 0.3) is 0 Å². The number of rotatable bonds is 12. The fourth-order valence-electron chi connectivity index (χ4n) is 4.52. The number of hydrogen-bond acceptors (Lipinski definition) is 9. The summed E-state index contributed by atoms with van der Waals surface area (Å²) in [6.07, 6.45) is -3.51. The molecule has 1 heterocycles. The van der Waals surface area contributed by atoms with Crippen LogP contribution in [0.1, 0.15) is 50.4 Å². The van der Waals surface area contributed by atoms with Crippen molar-refractivity contribution >= 4 is 40.1 Å². The fourth-order valence-corrected chi connectivity index (χ4v) is 4.52. The van der Waals surface area contributed by atoms with Crippen LogP contribution in [0, 0.1) is 0 Å². The number of fused-ring (bicyclic) bond motifs is 1. The highest BCUT2D eigenvalue weighted by atomic mass is 19.4. The summed E-state index contributed by atoms with van der Waals surface area (Å²) in [5.41, 5.74) is 8.18. The summed E-state index contributed by atoms with van der Waals surface area (Å²) in [4.78, 5) is 39.3. The minimum Gasteiger partial charge on any atom is -0.490 e. The number of aromatic nitrogens is 1.